The van der Waals surface area contributed by atoms with Crippen LogP contribution in [-0.2, 0) is 11.3 Å². The number of ether oxygens (including phenoxy) is 1. The molecule has 2 aromatic rings. The van der Waals surface area contributed by atoms with E-state index in [1.807, 2.05) is 24.3 Å². The number of fused-ring (bicyclic) bond motifs is 2. The van der Waals surface area contributed by atoms with Crippen molar-refractivity contribution in [3.63, 3.8) is 0 Å². The zero-order chi connectivity index (χ0) is 13.5. The van der Waals surface area contributed by atoms with E-state index in [9.17, 15) is 4.79 Å². The molecule has 0 spiro atoms. The smallest absolute Gasteiger partial charge is 0.261 e. The maximum atomic E-state index is 12.5. The van der Waals surface area contributed by atoms with E-state index >= 15 is 0 Å². The summed E-state index contributed by atoms with van der Waals surface area (Å²) in [7, 11) is 0. The second-order valence-corrected chi connectivity index (χ2v) is 5.40. The normalized spacial score (nSPS) is 23.6. The molecule has 1 saturated heterocycles. The summed E-state index contributed by atoms with van der Waals surface area (Å²) in [6.45, 7) is 1.57. The standard InChI is InChI=1S/C16H16N2O2/c19-16-13-5-1-2-6-14(13)17-15-11(7-8-18(15)16)10-12-4-3-9-20-12/h1-2,5-6,10,12H,3-4,7-9H2. The Labute approximate surface area is 116 Å². The second-order valence-electron chi connectivity index (χ2n) is 5.40. The molecule has 0 bridgehead atoms. The summed E-state index contributed by atoms with van der Waals surface area (Å²) in [6.07, 6.45) is 5.42. The van der Waals surface area contributed by atoms with Crippen molar-refractivity contribution >= 4 is 16.5 Å². The first-order valence-corrected chi connectivity index (χ1v) is 7.15. The molecule has 0 N–H and O–H groups in total. The minimum atomic E-state index is 0.0707. The molecule has 20 heavy (non-hydrogen) atoms. The van der Waals surface area contributed by atoms with Crippen LogP contribution in [0.2, 0.25) is 0 Å². The third-order valence-electron chi connectivity index (χ3n) is 4.11. The maximum absolute atomic E-state index is 12.5. The highest BCUT2D eigenvalue weighted by molar-refractivity contribution is 5.80. The molecule has 4 rings (SSSR count). The summed E-state index contributed by atoms with van der Waals surface area (Å²) in [6, 6.07) is 7.56. The van der Waals surface area contributed by atoms with Gasteiger partial charge in [0.05, 0.1) is 17.0 Å². The highest BCUT2D eigenvalue weighted by atomic mass is 16.5. The maximum Gasteiger partial charge on any atom is 0.261 e. The fraction of sp³-hybridized carbons (Fsp3) is 0.375. The van der Waals surface area contributed by atoms with E-state index < -0.39 is 0 Å². The SMILES string of the molecule is O=c1c2ccccc2nc2n1CCC2=CC1CCCO1. The molecule has 1 atom stereocenters. The predicted molar refractivity (Wildman–Crippen MR) is 77.6 cm³/mol. The molecule has 0 aliphatic carbocycles. The average molecular weight is 268 g/mol. The molecule has 0 radical (unpaired) electrons. The number of aromatic nitrogens is 2. The Kier molecular flexibility index (Phi) is 2.70. The van der Waals surface area contributed by atoms with Crippen LogP contribution in [0.5, 0.6) is 0 Å². The Morgan fingerprint density at radius 3 is 3.10 bits per heavy atom. The molecule has 4 heteroatoms. The van der Waals surface area contributed by atoms with Gasteiger partial charge >= 0.3 is 0 Å². The van der Waals surface area contributed by atoms with Gasteiger partial charge in [-0.1, -0.05) is 12.1 Å². The van der Waals surface area contributed by atoms with Crippen LogP contribution in [0.3, 0.4) is 0 Å². The van der Waals surface area contributed by atoms with Gasteiger partial charge in [0, 0.05) is 13.2 Å². The van der Waals surface area contributed by atoms with Gasteiger partial charge in [0.25, 0.3) is 5.56 Å². The number of rotatable bonds is 1. The summed E-state index contributed by atoms with van der Waals surface area (Å²) in [5.41, 5.74) is 2.00. The fourth-order valence-corrected chi connectivity index (χ4v) is 3.08. The van der Waals surface area contributed by atoms with Crippen molar-refractivity contribution < 1.29 is 4.74 Å². The van der Waals surface area contributed by atoms with Crippen LogP contribution in [-0.4, -0.2) is 22.3 Å². The molecule has 3 heterocycles. The van der Waals surface area contributed by atoms with E-state index in [4.69, 9.17) is 4.74 Å². The Morgan fingerprint density at radius 1 is 1.35 bits per heavy atom. The van der Waals surface area contributed by atoms with Gasteiger partial charge in [0.15, 0.2) is 0 Å². The quantitative estimate of drug-likeness (QED) is 0.797. The monoisotopic (exact) mass is 268 g/mol. The van der Waals surface area contributed by atoms with Crippen LogP contribution in [0.4, 0.5) is 0 Å². The number of benzene rings is 1. The number of allylic oxidation sites excluding steroid dienone is 1. The molecular formula is C16H16N2O2. The first kappa shape index (κ1) is 11.9. The number of para-hydroxylation sites is 1. The summed E-state index contributed by atoms with van der Waals surface area (Å²) in [5, 5.41) is 0.703. The van der Waals surface area contributed by atoms with Gasteiger partial charge in [0.2, 0.25) is 0 Å². The van der Waals surface area contributed by atoms with Gasteiger partial charge in [-0.05, 0) is 43.0 Å². The predicted octanol–water partition coefficient (Wildman–Crippen LogP) is 2.36. The van der Waals surface area contributed by atoms with Gasteiger partial charge in [-0.15, -0.1) is 0 Å². The highest BCUT2D eigenvalue weighted by Crippen LogP contribution is 2.27. The van der Waals surface area contributed by atoms with Crippen molar-refractivity contribution in [2.75, 3.05) is 6.61 Å². The van der Waals surface area contributed by atoms with Crippen LogP contribution in [0.1, 0.15) is 25.1 Å². The van der Waals surface area contributed by atoms with Gasteiger partial charge in [0.1, 0.15) is 5.82 Å². The van der Waals surface area contributed by atoms with Crippen LogP contribution in [0, 0.1) is 0 Å². The molecule has 1 aromatic heterocycles. The Morgan fingerprint density at radius 2 is 2.25 bits per heavy atom. The summed E-state index contributed by atoms with van der Waals surface area (Å²) < 4.78 is 7.45. The summed E-state index contributed by atoms with van der Waals surface area (Å²) in [5.74, 6) is 0.823. The third-order valence-corrected chi connectivity index (χ3v) is 4.11. The molecule has 2 aliphatic rings. The molecule has 2 aliphatic heterocycles. The molecule has 0 amide bonds. The van der Waals surface area contributed by atoms with Crippen molar-refractivity contribution in [3.8, 4) is 0 Å². The molecule has 102 valence electrons. The third kappa shape index (κ3) is 1.79. The molecule has 1 fully saturated rings. The van der Waals surface area contributed by atoms with Gasteiger partial charge < -0.3 is 4.74 Å². The van der Waals surface area contributed by atoms with Crippen molar-refractivity contribution in [2.45, 2.75) is 31.9 Å². The topological polar surface area (TPSA) is 44.1 Å². The summed E-state index contributed by atoms with van der Waals surface area (Å²) >= 11 is 0. The largest absolute Gasteiger partial charge is 0.374 e. The van der Waals surface area contributed by atoms with Crippen molar-refractivity contribution in [1.82, 2.24) is 9.55 Å². The van der Waals surface area contributed by atoms with Gasteiger partial charge in [-0.2, -0.15) is 0 Å². The minimum Gasteiger partial charge on any atom is -0.374 e. The molecule has 4 nitrogen and oxygen atoms in total. The zero-order valence-corrected chi connectivity index (χ0v) is 11.2. The number of nitrogens with zero attached hydrogens (tertiary/aromatic N) is 2. The Hall–Kier alpha value is -1.94. The Balaban J connectivity index is 1.87. The molecule has 0 saturated carbocycles. The highest BCUT2D eigenvalue weighted by Gasteiger charge is 2.23. The van der Waals surface area contributed by atoms with Crippen LogP contribution >= 0.6 is 0 Å². The zero-order valence-electron chi connectivity index (χ0n) is 11.2. The van der Waals surface area contributed by atoms with Crippen molar-refractivity contribution in [1.29, 1.82) is 0 Å². The van der Waals surface area contributed by atoms with E-state index in [-0.39, 0.29) is 11.7 Å². The van der Waals surface area contributed by atoms with Crippen molar-refractivity contribution in [3.05, 3.63) is 46.5 Å². The minimum absolute atomic E-state index is 0.0707. The second kappa shape index (κ2) is 4.56. The Bertz CT molecular complexity index is 755. The van der Waals surface area contributed by atoms with Gasteiger partial charge in [-0.3, -0.25) is 9.36 Å². The lowest BCUT2D eigenvalue weighted by atomic mass is 10.1. The molecular weight excluding hydrogens is 252 g/mol. The van der Waals surface area contributed by atoms with E-state index in [0.29, 0.717) is 5.39 Å². The average Bonchev–Trinajstić information content (AvgIpc) is 3.11. The number of hydrogen-bond acceptors (Lipinski definition) is 3. The summed E-state index contributed by atoms with van der Waals surface area (Å²) in [4.78, 5) is 17.1. The van der Waals surface area contributed by atoms with E-state index in [2.05, 4.69) is 11.1 Å². The molecule has 1 aromatic carbocycles. The van der Waals surface area contributed by atoms with Crippen LogP contribution in [0.15, 0.2) is 35.1 Å². The lowest BCUT2D eigenvalue weighted by molar-refractivity contribution is 0.146. The first-order chi connectivity index (χ1) is 9.83. The van der Waals surface area contributed by atoms with E-state index in [1.54, 1.807) is 4.57 Å². The molecule has 1 unspecified atom stereocenters. The van der Waals surface area contributed by atoms with Crippen molar-refractivity contribution in [2.24, 2.45) is 0 Å². The lowest BCUT2D eigenvalue weighted by Crippen LogP contribution is -2.20. The number of hydrogen-bond donors (Lipinski definition) is 0. The first-order valence-electron chi connectivity index (χ1n) is 7.15. The van der Waals surface area contributed by atoms with Crippen LogP contribution in [0.25, 0.3) is 16.5 Å². The van der Waals surface area contributed by atoms with Crippen LogP contribution < -0.4 is 5.56 Å². The van der Waals surface area contributed by atoms with Gasteiger partial charge in [-0.25, -0.2) is 4.98 Å². The van der Waals surface area contributed by atoms with E-state index in [1.165, 1.54) is 0 Å². The lowest BCUT2D eigenvalue weighted by Gasteiger charge is -2.07. The van der Waals surface area contributed by atoms with E-state index in [0.717, 1.165) is 49.3 Å². The fourth-order valence-electron chi connectivity index (χ4n) is 3.08.